The molecule has 32 heavy (non-hydrogen) atoms. The molecule has 0 aromatic carbocycles. The van der Waals surface area contributed by atoms with Crippen LogP contribution in [0.15, 0.2) is 0 Å². The first-order valence-corrected chi connectivity index (χ1v) is 8.02. The highest BCUT2D eigenvalue weighted by Crippen LogP contribution is 2.65. The number of cyclic esters (lactones) is 1. The van der Waals surface area contributed by atoms with Crippen LogP contribution in [0, 0.1) is 5.92 Å². The van der Waals surface area contributed by atoms with E-state index in [1.165, 1.54) is 0 Å². The number of carbonyl (C=O) groups is 1. The molecular formula is C13H7ClF16O2. The summed E-state index contributed by atoms with van der Waals surface area (Å²) in [5, 5.41) is -6.83. The maximum absolute atomic E-state index is 13.9. The van der Waals surface area contributed by atoms with Crippen molar-refractivity contribution in [2.24, 2.45) is 5.92 Å². The predicted octanol–water partition coefficient (Wildman–Crippen LogP) is 6.22. The molecule has 0 unspecified atom stereocenters. The molecule has 0 radical (unpaired) electrons. The van der Waals surface area contributed by atoms with Crippen LogP contribution in [-0.4, -0.2) is 59.4 Å². The van der Waals surface area contributed by atoms with E-state index in [9.17, 15) is 75.0 Å². The Labute approximate surface area is 170 Å². The number of rotatable bonds is 8. The van der Waals surface area contributed by atoms with Crippen LogP contribution < -0.4 is 0 Å². The minimum atomic E-state index is -8.54. The number of hydrogen-bond acceptors (Lipinski definition) is 2. The molecule has 190 valence electrons. The maximum atomic E-state index is 13.9. The summed E-state index contributed by atoms with van der Waals surface area (Å²) in [6.07, 6.45) is -2.19. The van der Waals surface area contributed by atoms with Crippen LogP contribution in [0.2, 0.25) is 0 Å². The average Bonchev–Trinajstić information content (AvgIpc) is 2.59. The summed E-state index contributed by atoms with van der Waals surface area (Å²) >= 11 is 3.41. The third kappa shape index (κ3) is 3.54. The molecular weight excluding hydrogens is 528 g/mol. The van der Waals surface area contributed by atoms with E-state index in [0.717, 1.165) is 0 Å². The maximum Gasteiger partial charge on any atom is 0.393 e. The second-order valence-corrected chi connectivity index (χ2v) is 6.90. The molecule has 0 bridgehead atoms. The van der Waals surface area contributed by atoms with Crippen molar-refractivity contribution in [3.05, 3.63) is 0 Å². The average molecular weight is 535 g/mol. The second kappa shape index (κ2) is 7.58. The zero-order valence-electron chi connectivity index (χ0n) is 14.4. The number of halogens is 17. The summed E-state index contributed by atoms with van der Waals surface area (Å²) in [6, 6.07) is 0. The van der Waals surface area contributed by atoms with Crippen LogP contribution >= 0.6 is 11.6 Å². The Morgan fingerprint density at radius 1 is 0.625 bits per heavy atom. The highest BCUT2D eigenvalue weighted by molar-refractivity contribution is 6.22. The van der Waals surface area contributed by atoms with Gasteiger partial charge in [-0.15, -0.1) is 0 Å². The van der Waals surface area contributed by atoms with Crippen molar-refractivity contribution in [1.82, 2.24) is 0 Å². The predicted molar refractivity (Wildman–Crippen MR) is 69.1 cm³/mol. The van der Waals surface area contributed by atoms with E-state index in [0.29, 0.717) is 0 Å². The fourth-order valence-electron chi connectivity index (χ4n) is 2.40. The lowest BCUT2D eigenvalue weighted by Crippen LogP contribution is -2.75. The van der Waals surface area contributed by atoms with Crippen LogP contribution in [0.5, 0.6) is 0 Å². The van der Waals surface area contributed by atoms with Crippen molar-refractivity contribution in [2.45, 2.75) is 59.7 Å². The zero-order valence-corrected chi connectivity index (χ0v) is 15.2. The first-order chi connectivity index (χ1) is 13.8. The molecule has 0 spiro atoms. The first kappa shape index (κ1) is 28.7. The summed E-state index contributed by atoms with van der Waals surface area (Å²) in [5.74, 6) is -62.0. The fraction of sp³-hybridized carbons (Fsp3) is 0.923. The van der Waals surface area contributed by atoms with Crippen molar-refractivity contribution in [3.8, 4) is 0 Å². The number of esters is 1. The van der Waals surface area contributed by atoms with E-state index in [1.807, 2.05) is 0 Å². The third-order valence-electron chi connectivity index (χ3n) is 4.35. The van der Waals surface area contributed by atoms with Gasteiger partial charge >= 0.3 is 52.8 Å². The Morgan fingerprint density at radius 2 is 0.969 bits per heavy atom. The van der Waals surface area contributed by atoms with Gasteiger partial charge in [0, 0.05) is 0 Å². The molecule has 0 aromatic heterocycles. The lowest BCUT2D eigenvalue weighted by Gasteiger charge is -2.44. The summed E-state index contributed by atoms with van der Waals surface area (Å²) in [7, 11) is 0. The van der Waals surface area contributed by atoms with E-state index >= 15 is 0 Å². The standard InChI is InChI=1S/C13H7ClF16O2/c14-13(29,30)12(27,28)11(25,26)10(23,24)9(21,22)8(19,20)7(17,18)6(15,16)4-2-1-3-32-5(4)31/h4H,1-3H2/t4-/m0/s1. The molecule has 0 aromatic rings. The second-order valence-electron chi connectivity index (χ2n) is 6.43. The first-order valence-electron chi connectivity index (χ1n) is 7.65. The van der Waals surface area contributed by atoms with Gasteiger partial charge in [-0.1, -0.05) is 0 Å². The molecule has 1 fully saturated rings. The highest BCUT2D eigenvalue weighted by atomic mass is 35.5. The molecule has 1 aliphatic heterocycles. The van der Waals surface area contributed by atoms with Crippen molar-refractivity contribution in [1.29, 1.82) is 0 Å². The molecule has 0 N–H and O–H groups in total. The van der Waals surface area contributed by atoms with Gasteiger partial charge in [0.25, 0.3) is 0 Å². The van der Waals surface area contributed by atoms with Gasteiger partial charge in [-0.25, -0.2) is 0 Å². The summed E-state index contributed by atoms with van der Waals surface area (Å²) in [5.41, 5.74) is 0. The lowest BCUT2D eigenvalue weighted by molar-refractivity contribution is -0.451. The topological polar surface area (TPSA) is 26.3 Å². The number of alkyl halides is 17. The Balaban J connectivity index is 3.63. The van der Waals surface area contributed by atoms with Crippen LogP contribution in [-0.2, 0) is 9.53 Å². The van der Waals surface area contributed by atoms with E-state index < -0.39 is 78.2 Å². The largest absolute Gasteiger partial charge is 0.465 e. The SMILES string of the molecule is O=C1OCCC[C@@H]1C(F)(F)C(F)(F)C(F)(F)C(F)(F)C(F)(F)C(F)(F)C(F)(F)C(F)(F)Cl. The summed E-state index contributed by atoms with van der Waals surface area (Å²) in [4.78, 5) is 11.1. The Kier molecular flexibility index (Phi) is 6.79. The van der Waals surface area contributed by atoms with Gasteiger partial charge in [-0.05, 0) is 24.4 Å². The normalized spacial score (nSPS) is 20.9. The zero-order chi connectivity index (χ0) is 26.0. The van der Waals surface area contributed by atoms with Crippen molar-refractivity contribution < 1.29 is 79.8 Å². The minimum Gasteiger partial charge on any atom is -0.465 e. The molecule has 0 saturated carbocycles. The van der Waals surface area contributed by atoms with Crippen molar-refractivity contribution >= 4 is 17.6 Å². The van der Waals surface area contributed by atoms with Gasteiger partial charge < -0.3 is 4.74 Å². The molecule has 2 nitrogen and oxygen atoms in total. The van der Waals surface area contributed by atoms with Crippen molar-refractivity contribution in [3.63, 3.8) is 0 Å². The smallest absolute Gasteiger partial charge is 0.393 e. The molecule has 0 aliphatic carbocycles. The Bertz CT molecular complexity index is 728. The van der Waals surface area contributed by atoms with E-state index in [-0.39, 0.29) is 0 Å². The van der Waals surface area contributed by atoms with E-state index in [2.05, 4.69) is 16.3 Å². The minimum absolute atomic E-state index is 0.727. The lowest BCUT2D eigenvalue weighted by atomic mass is 9.83. The molecule has 19 heteroatoms. The van der Waals surface area contributed by atoms with Crippen LogP contribution in [0.1, 0.15) is 12.8 Å². The third-order valence-corrected chi connectivity index (χ3v) is 4.59. The van der Waals surface area contributed by atoms with Crippen LogP contribution in [0.3, 0.4) is 0 Å². The van der Waals surface area contributed by atoms with E-state index in [1.54, 1.807) is 0 Å². The molecule has 1 atom stereocenters. The molecule has 0 amide bonds. The van der Waals surface area contributed by atoms with Crippen LogP contribution in [0.25, 0.3) is 0 Å². The van der Waals surface area contributed by atoms with Gasteiger partial charge in [0.1, 0.15) is 5.92 Å². The highest BCUT2D eigenvalue weighted by Gasteiger charge is 2.95. The number of carbonyl (C=O) groups excluding carboxylic acids is 1. The molecule has 1 aliphatic rings. The van der Waals surface area contributed by atoms with Gasteiger partial charge in [-0.3, -0.25) is 4.79 Å². The Morgan fingerprint density at radius 3 is 1.31 bits per heavy atom. The van der Waals surface area contributed by atoms with Gasteiger partial charge in [0.05, 0.1) is 6.61 Å². The summed E-state index contributed by atoms with van der Waals surface area (Å²) < 4.78 is 217. The molecule has 1 heterocycles. The van der Waals surface area contributed by atoms with Crippen molar-refractivity contribution in [2.75, 3.05) is 6.61 Å². The van der Waals surface area contributed by atoms with Gasteiger partial charge in [0.15, 0.2) is 0 Å². The van der Waals surface area contributed by atoms with E-state index in [4.69, 9.17) is 0 Å². The summed E-state index contributed by atoms with van der Waals surface area (Å²) in [6.45, 7) is -0.727. The number of hydrogen-bond donors (Lipinski definition) is 0. The molecule has 1 saturated heterocycles. The fourth-order valence-corrected chi connectivity index (χ4v) is 2.52. The van der Waals surface area contributed by atoms with Crippen LogP contribution in [0.4, 0.5) is 70.2 Å². The molecule has 1 rings (SSSR count). The van der Waals surface area contributed by atoms with Gasteiger partial charge in [-0.2, -0.15) is 70.2 Å². The Hall–Kier alpha value is -1.36. The number of ether oxygens (including phenoxy) is 1. The van der Waals surface area contributed by atoms with Gasteiger partial charge in [0.2, 0.25) is 0 Å². The quantitative estimate of drug-likeness (QED) is 0.210. The monoisotopic (exact) mass is 534 g/mol.